The normalized spacial score (nSPS) is 11.3. The molecule has 162 valence electrons. The molecule has 0 saturated heterocycles. The number of thiazole rings is 1. The number of aromatic nitrogens is 1. The van der Waals surface area contributed by atoms with Gasteiger partial charge in [0.2, 0.25) is 5.76 Å². The fourth-order valence-electron chi connectivity index (χ4n) is 2.81. The van der Waals surface area contributed by atoms with Gasteiger partial charge in [0.1, 0.15) is 17.4 Å². The highest BCUT2D eigenvalue weighted by atomic mass is 35.5. The Labute approximate surface area is 191 Å². The monoisotopic (exact) mass is 457 g/mol. The van der Waals surface area contributed by atoms with Crippen molar-refractivity contribution in [1.29, 1.82) is 0 Å². The van der Waals surface area contributed by atoms with E-state index in [0.717, 1.165) is 33.1 Å². The zero-order valence-electron chi connectivity index (χ0n) is 17.7. The van der Waals surface area contributed by atoms with Gasteiger partial charge in [-0.25, -0.2) is 9.78 Å². The largest absolute Gasteiger partial charge is 0.487 e. The summed E-state index contributed by atoms with van der Waals surface area (Å²) in [7, 11) is 0. The molecular weight excluding hydrogens is 434 g/mol. The zero-order valence-corrected chi connectivity index (χ0v) is 19.3. The van der Waals surface area contributed by atoms with Crippen LogP contribution in [0.5, 0.6) is 5.75 Å². The number of esters is 1. The summed E-state index contributed by atoms with van der Waals surface area (Å²) in [6.07, 6.45) is 1.69. The first-order valence-corrected chi connectivity index (χ1v) is 11.2. The highest BCUT2D eigenvalue weighted by molar-refractivity contribution is 7.13. The average molecular weight is 458 g/mol. The van der Waals surface area contributed by atoms with E-state index in [-0.39, 0.29) is 5.76 Å². The van der Waals surface area contributed by atoms with Crippen molar-refractivity contribution in [3.8, 4) is 16.3 Å². The Kier molecular flexibility index (Phi) is 8.09. The van der Waals surface area contributed by atoms with Gasteiger partial charge in [-0.05, 0) is 62.2 Å². The van der Waals surface area contributed by atoms with Crippen LogP contribution >= 0.6 is 22.9 Å². The Morgan fingerprint density at radius 1 is 1.10 bits per heavy atom. The number of carbonyl (C=O) groups excluding carboxylic acids is 1. The van der Waals surface area contributed by atoms with Gasteiger partial charge in [-0.3, -0.25) is 0 Å². The van der Waals surface area contributed by atoms with Crippen LogP contribution < -0.4 is 4.74 Å². The van der Waals surface area contributed by atoms with Crippen LogP contribution in [-0.4, -0.2) is 24.2 Å². The van der Waals surface area contributed by atoms with Crippen LogP contribution in [0.4, 0.5) is 0 Å². The molecule has 0 fully saturated rings. The maximum Gasteiger partial charge on any atom is 0.373 e. The van der Waals surface area contributed by atoms with Gasteiger partial charge in [0, 0.05) is 16.0 Å². The van der Waals surface area contributed by atoms with Crippen LogP contribution in [-0.2, 0) is 20.9 Å². The standard InChI is InChI=1S/C24H24ClNO4S/c1-4-28-22(24(27)29-5-2)13-18-8-11-21(12-16(18)3)30-14-20-15-31-23(26-20)17-6-9-19(25)10-7-17/h6-13,15H,4-5,14H2,1-3H3/b22-13+. The molecule has 3 aromatic rings. The van der Waals surface area contributed by atoms with E-state index in [1.165, 1.54) is 0 Å². The van der Waals surface area contributed by atoms with E-state index in [1.54, 1.807) is 24.3 Å². The molecule has 0 saturated carbocycles. The molecule has 2 aromatic carbocycles. The lowest BCUT2D eigenvalue weighted by atomic mass is 10.1. The van der Waals surface area contributed by atoms with Gasteiger partial charge in [0.15, 0.2) is 0 Å². The Hall–Kier alpha value is -2.83. The lowest BCUT2D eigenvalue weighted by molar-refractivity contribution is -0.142. The summed E-state index contributed by atoms with van der Waals surface area (Å²) in [5, 5.41) is 3.62. The molecule has 0 aliphatic carbocycles. The molecule has 0 unspecified atom stereocenters. The zero-order chi connectivity index (χ0) is 22.2. The number of halogens is 1. The van der Waals surface area contributed by atoms with Crippen molar-refractivity contribution in [2.75, 3.05) is 13.2 Å². The molecule has 0 aliphatic heterocycles. The van der Waals surface area contributed by atoms with Crippen molar-refractivity contribution in [2.24, 2.45) is 0 Å². The Morgan fingerprint density at radius 3 is 2.52 bits per heavy atom. The van der Waals surface area contributed by atoms with Crippen LogP contribution in [0.1, 0.15) is 30.7 Å². The quantitative estimate of drug-likeness (QED) is 0.214. The molecule has 0 spiro atoms. The smallest absolute Gasteiger partial charge is 0.373 e. The summed E-state index contributed by atoms with van der Waals surface area (Å²) in [5.74, 6) is 0.451. The predicted molar refractivity (Wildman–Crippen MR) is 124 cm³/mol. The van der Waals surface area contributed by atoms with Gasteiger partial charge in [-0.15, -0.1) is 11.3 Å². The minimum atomic E-state index is -0.468. The van der Waals surface area contributed by atoms with Gasteiger partial charge in [0.25, 0.3) is 0 Å². The molecule has 5 nitrogen and oxygen atoms in total. The van der Waals surface area contributed by atoms with E-state index in [4.69, 9.17) is 25.8 Å². The predicted octanol–water partition coefficient (Wildman–Crippen LogP) is 6.29. The number of nitrogens with zero attached hydrogens (tertiary/aromatic N) is 1. The highest BCUT2D eigenvalue weighted by Gasteiger charge is 2.13. The van der Waals surface area contributed by atoms with Crippen LogP contribution in [0.15, 0.2) is 53.6 Å². The number of hydrogen-bond donors (Lipinski definition) is 0. The van der Waals surface area contributed by atoms with Crippen LogP contribution in [0.25, 0.3) is 16.6 Å². The van der Waals surface area contributed by atoms with E-state index in [0.29, 0.717) is 24.8 Å². The first kappa shape index (κ1) is 22.8. The molecule has 1 aromatic heterocycles. The van der Waals surface area contributed by atoms with Crippen molar-refractivity contribution < 1.29 is 19.0 Å². The van der Waals surface area contributed by atoms with Crippen LogP contribution in [0, 0.1) is 6.92 Å². The second-order valence-corrected chi connectivity index (χ2v) is 7.91. The highest BCUT2D eigenvalue weighted by Crippen LogP contribution is 2.26. The van der Waals surface area contributed by atoms with Gasteiger partial charge in [-0.1, -0.05) is 29.8 Å². The Balaban J connectivity index is 1.67. The number of aryl methyl sites for hydroxylation is 1. The summed E-state index contributed by atoms with van der Waals surface area (Å²) in [6.45, 7) is 6.59. The van der Waals surface area contributed by atoms with Gasteiger partial charge in [-0.2, -0.15) is 0 Å². The van der Waals surface area contributed by atoms with E-state index >= 15 is 0 Å². The van der Waals surface area contributed by atoms with Crippen molar-refractivity contribution in [3.63, 3.8) is 0 Å². The maximum absolute atomic E-state index is 12.0. The molecule has 0 bridgehead atoms. The fraction of sp³-hybridized carbons (Fsp3) is 0.250. The number of ether oxygens (including phenoxy) is 3. The molecule has 7 heteroatoms. The van der Waals surface area contributed by atoms with Crippen LogP contribution in [0.2, 0.25) is 5.02 Å². The minimum Gasteiger partial charge on any atom is -0.487 e. The maximum atomic E-state index is 12.0. The number of benzene rings is 2. The van der Waals surface area contributed by atoms with E-state index < -0.39 is 5.97 Å². The lowest BCUT2D eigenvalue weighted by Gasteiger charge is -2.10. The molecule has 0 aliphatic rings. The summed E-state index contributed by atoms with van der Waals surface area (Å²) in [5.41, 5.74) is 3.71. The first-order valence-electron chi connectivity index (χ1n) is 9.95. The second kappa shape index (κ2) is 11.0. The van der Waals surface area contributed by atoms with Crippen molar-refractivity contribution in [2.45, 2.75) is 27.4 Å². The third-order valence-corrected chi connectivity index (χ3v) is 5.53. The van der Waals surface area contributed by atoms with Crippen molar-refractivity contribution >= 4 is 35.0 Å². The van der Waals surface area contributed by atoms with Gasteiger partial charge in [0.05, 0.1) is 18.9 Å². The topological polar surface area (TPSA) is 57.7 Å². The molecule has 1 heterocycles. The number of rotatable bonds is 9. The molecular formula is C24H24ClNO4S. The third-order valence-electron chi connectivity index (χ3n) is 4.33. The molecule has 3 rings (SSSR count). The molecule has 0 N–H and O–H groups in total. The number of hydrogen-bond acceptors (Lipinski definition) is 6. The summed E-state index contributed by atoms with van der Waals surface area (Å²) >= 11 is 7.52. The molecule has 31 heavy (non-hydrogen) atoms. The Bertz CT molecular complexity index is 1060. The van der Waals surface area contributed by atoms with Crippen molar-refractivity contribution in [1.82, 2.24) is 4.98 Å². The molecule has 0 amide bonds. The lowest BCUT2D eigenvalue weighted by Crippen LogP contribution is -2.10. The van der Waals surface area contributed by atoms with E-state index in [1.807, 2.05) is 61.7 Å². The summed E-state index contributed by atoms with van der Waals surface area (Å²) < 4.78 is 16.4. The molecule has 0 atom stereocenters. The summed E-state index contributed by atoms with van der Waals surface area (Å²) in [6, 6.07) is 13.3. The average Bonchev–Trinajstić information content (AvgIpc) is 3.23. The first-order chi connectivity index (χ1) is 15.0. The van der Waals surface area contributed by atoms with Crippen molar-refractivity contribution in [3.05, 3.63) is 75.4 Å². The third kappa shape index (κ3) is 6.32. The minimum absolute atomic E-state index is 0.193. The van der Waals surface area contributed by atoms with Crippen LogP contribution in [0.3, 0.4) is 0 Å². The van der Waals surface area contributed by atoms with Gasteiger partial charge < -0.3 is 14.2 Å². The summed E-state index contributed by atoms with van der Waals surface area (Å²) in [4.78, 5) is 16.7. The SMILES string of the molecule is CCOC(=O)/C(=C\c1ccc(OCc2csc(-c3ccc(Cl)cc3)n2)cc1C)OCC. The van der Waals surface area contributed by atoms with E-state index in [9.17, 15) is 4.79 Å². The fourth-order valence-corrected chi connectivity index (χ4v) is 3.75. The van der Waals surface area contributed by atoms with Gasteiger partial charge >= 0.3 is 5.97 Å². The second-order valence-electron chi connectivity index (χ2n) is 6.62. The Morgan fingerprint density at radius 2 is 1.84 bits per heavy atom. The van der Waals surface area contributed by atoms with E-state index in [2.05, 4.69) is 4.98 Å². The number of carbonyl (C=O) groups is 1. The molecule has 0 radical (unpaired) electrons.